The molecule has 4 rings (SSSR count). The van der Waals surface area contributed by atoms with Crippen LogP contribution >= 0.6 is 0 Å². The Morgan fingerprint density at radius 1 is 1.00 bits per heavy atom. The van der Waals surface area contributed by atoms with E-state index >= 15 is 0 Å². The highest BCUT2D eigenvalue weighted by Gasteiger charge is 2.25. The Kier molecular flexibility index (Phi) is 6.10. The van der Waals surface area contributed by atoms with Crippen LogP contribution in [0.1, 0.15) is 42.1 Å². The molecule has 150 valence electrons. The third-order valence-electron chi connectivity index (χ3n) is 5.69. The van der Waals surface area contributed by atoms with E-state index in [9.17, 15) is 9.90 Å². The lowest BCUT2D eigenvalue weighted by atomic mass is 10.1. The van der Waals surface area contributed by atoms with Crippen LogP contribution in [0.4, 0.5) is 0 Å². The maximum atomic E-state index is 12.3. The maximum Gasteiger partial charge on any atom is 0.343 e. The van der Waals surface area contributed by atoms with Crippen LogP contribution in [0, 0.1) is 0 Å². The van der Waals surface area contributed by atoms with Gasteiger partial charge in [-0.3, -0.25) is 9.80 Å². The van der Waals surface area contributed by atoms with E-state index in [0.29, 0.717) is 37.4 Å². The fraction of sp³-hybridized carbons (Fsp3) is 0.500. The van der Waals surface area contributed by atoms with Crippen LogP contribution in [0.2, 0.25) is 0 Å². The van der Waals surface area contributed by atoms with Crippen molar-refractivity contribution in [2.75, 3.05) is 32.8 Å². The second-order valence-corrected chi connectivity index (χ2v) is 7.72. The zero-order chi connectivity index (χ0) is 19.3. The highest BCUT2D eigenvalue weighted by Crippen LogP contribution is 2.27. The Balaban J connectivity index is 1.47. The van der Waals surface area contributed by atoms with Crippen LogP contribution in [0.25, 0.3) is 0 Å². The summed E-state index contributed by atoms with van der Waals surface area (Å²) in [6.07, 6.45) is 5.01. The lowest BCUT2D eigenvalue weighted by Gasteiger charge is -2.33. The van der Waals surface area contributed by atoms with Gasteiger partial charge in [-0.15, -0.1) is 0 Å². The van der Waals surface area contributed by atoms with Crippen LogP contribution < -0.4 is 5.63 Å². The smallest absolute Gasteiger partial charge is 0.343 e. The van der Waals surface area contributed by atoms with Crippen LogP contribution in [0.3, 0.4) is 0 Å². The summed E-state index contributed by atoms with van der Waals surface area (Å²) in [6, 6.07) is 10.1. The van der Waals surface area contributed by atoms with Gasteiger partial charge < -0.3 is 14.3 Å². The standard InChI is InChI=1S/C22H28N2O4/c25-21-18(13-23-9-5-2-6-10-23)16-28-22(26)19(21)14-24-11-12-27-20(15-24)17-7-3-1-4-8-17/h1,3-4,7-8,16,20,25H,2,5-6,9-15H2/t20-/m0/s1. The van der Waals surface area contributed by atoms with Crippen LogP contribution in [-0.2, 0) is 17.8 Å². The molecule has 1 N–H and O–H groups in total. The number of ether oxygens (including phenoxy) is 1. The highest BCUT2D eigenvalue weighted by molar-refractivity contribution is 5.36. The monoisotopic (exact) mass is 384 g/mol. The number of rotatable bonds is 5. The van der Waals surface area contributed by atoms with Crippen molar-refractivity contribution in [3.8, 4) is 5.75 Å². The van der Waals surface area contributed by atoms with Gasteiger partial charge in [-0.25, -0.2) is 4.79 Å². The Morgan fingerprint density at radius 2 is 1.79 bits per heavy atom. The van der Waals surface area contributed by atoms with Crippen molar-refractivity contribution in [2.45, 2.75) is 38.5 Å². The SMILES string of the molecule is O=c1occ(CN2CCCCC2)c(O)c1CN1CCO[C@H](c2ccccc2)C1. The van der Waals surface area contributed by atoms with Gasteiger partial charge in [-0.1, -0.05) is 36.8 Å². The first kappa shape index (κ1) is 19.2. The van der Waals surface area contributed by atoms with Gasteiger partial charge in [-0.2, -0.15) is 0 Å². The summed E-state index contributed by atoms with van der Waals surface area (Å²) in [5.41, 5.74) is 1.72. The van der Waals surface area contributed by atoms with Crippen molar-refractivity contribution in [1.29, 1.82) is 0 Å². The van der Waals surface area contributed by atoms with Crippen molar-refractivity contribution < 1.29 is 14.3 Å². The summed E-state index contributed by atoms with van der Waals surface area (Å²) in [4.78, 5) is 16.8. The van der Waals surface area contributed by atoms with Crippen LogP contribution in [0.15, 0.2) is 45.8 Å². The zero-order valence-electron chi connectivity index (χ0n) is 16.2. The summed E-state index contributed by atoms with van der Waals surface area (Å²) >= 11 is 0. The van der Waals surface area contributed by atoms with E-state index in [1.165, 1.54) is 25.5 Å². The van der Waals surface area contributed by atoms with Crippen LogP contribution in [-0.4, -0.2) is 47.7 Å². The number of piperidine rings is 1. The van der Waals surface area contributed by atoms with Crippen molar-refractivity contribution in [1.82, 2.24) is 9.80 Å². The lowest BCUT2D eigenvalue weighted by molar-refractivity contribution is -0.0334. The van der Waals surface area contributed by atoms with E-state index in [0.717, 1.165) is 25.2 Å². The van der Waals surface area contributed by atoms with Gasteiger partial charge in [-0.05, 0) is 31.5 Å². The fourth-order valence-electron chi connectivity index (χ4n) is 4.09. The normalized spacial score (nSPS) is 21.6. The van der Waals surface area contributed by atoms with E-state index in [-0.39, 0.29) is 11.9 Å². The molecule has 0 amide bonds. The predicted molar refractivity (Wildman–Crippen MR) is 106 cm³/mol. The van der Waals surface area contributed by atoms with Crippen molar-refractivity contribution >= 4 is 0 Å². The van der Waals surface area contributed by atoms with Crippen LogP contribution in [0.5, 0.6) is 5.75 Å². The minimum Gasteiger partial charge on any atom is -0.507 e. The van der Waals surface area contributed by atoms with Gasteiger partial charge in [0.2, 0.25) is 0 Å². The lowest BCUT2D eigenvalue weighted by Crippen LogP contribution is -2.38. The molecule has 0 radical (unpaired) electrons. The van der Waals surface area contributed by atoms with Gasteiger partial charge in [0.15, 0.2) is 0 Å². The molecule has 0 saturated carbocycles. The van der Waals surface area contributed by atoms with E-state index in [2.05, 4.69) is 21.9 Å². The summed E-state index contributed by atoms with van der Waals surface area (Å²) in [7, 11) is 0. The number of hydrogen-bond acceptors (Lipinski definition) is 6. The number of nitrogens with zero attached hydrogens (tertiary/aromatic N) is 2. The molecule has 2 aliphatic rings. The van der Waals surface area contributed by atoms with Crippen molar-refractivity contribution in [3.63, 3.8) is 0 Å². The Labute approximate surface area is 165 Å². The molecule has 1 aromatic heterocycles. The quantitative estimate of drug-likeness (QED) is 0.855. The second-order valence-electron chi connectivity index (χ2n) is 7.72. The second kappa shape index (κ2) is 8.90. The average Bonchev–Trinajstić information content (AvgIpc) is 2.75. The first-order valence-electron chi connectivity index (χ1n) is 10.1. The van der Waals surface area contributed by atoms with Gasteiger partial charge in [0, 0.05) is 31.7 Å². The molecule has 3 heterocycles. The van der Waals surface area contributed by atoms with E-state index < -0.39 is 5.63 Å². The van der Waals surface area contributed by atoms with Gasteiger partial charge >= 0.3 is 5.63 Å². The topological polar surface area (TPSA) is 66.2 Å². The summed E-state index contributed by atoms with van der Waals surface area (Å²) in [5.74, 6) is 0.0876. The van der Waals surface area contributed by atoms with E-state index in [1.807, 2.05) is 18.2 Å². The summed E-state index contributed by atoms with van der Waals surface area (Å²) < 4.78 is 11.2. The molecular weight excluding hydrogens is 356 g/mol. The number of hydrogen-bond donors (Lipinski definition) is 1. The van der Waals surface area contributed by atoms with E-state index in [1.54, 1.807) is 0 Å². The minimum atomic E-state index is -0.456. The predicted octanol–water partition coefficient (Wildman–Crippen LogP) is 2.90. The molecule has 2 aliphatic heterocycles. The fourth-order valence-corrected chi connectivity index (χ4v) is 4.09. The Bertz CT molecular complexity index is 830. The molecule has 1 aromatic carbocycles. The minimum absolute atomic E-state index is 0.0272. The third kappa shape index (κ3) is 4.46. The number of morpholine rings is 1. The highest BCUT2D eigenvalue weighted by atomic mass is 16.5. The molecule has 6 heteroatoms. The molecule has 0 unspecified atom stereocenters. The molecule has 0 aliphatic carbocycles. The van der Waals surface area contributed by atoms with Gasteiger partial charge in [0.25, 0.3) is 0 Å². The number of aromatic hydroxyl groups is 1. The van der Waals surface area contributed by atoms with Gasteiger partial charge in [0.1, 0.15) is 12.0 Å². The van der Waals surface area contributed by atoms with Crippen molar-refractivity contribution in [3.05, 3.63) is 63.7 Å². The average molecular weight is 384 g/mol. The third-order valence-corrected chi connectivity index (χ3v) is 5.69. The first-order valence-corrected chi connectivity index (χ1v) is 10.1. The molecule has 1 atom stereocenters. The first-order chi connectivity index (χ1) is 13.7. The molecule has 6 nitrogen and oxygen atoms in total. The molecule has 0 spiro atoms. The largest absolute Gasteiger partial charge is 0.507 e. The summed E-state index contributed by atoms with van der Waals surface area (Å²) in [6.45, 7) is 5.04. The zero-order valence-corrected chi connectivity index (χ0v) is 16.2. The summed E-state index contributed by atoms with van der Waals surface area (Å²) in [5, 5.41) is 10.8. The maximum absolute atomic E-state index is 12.3. The molecule has 2 aromatic rings. The molecular formula is C22H28N2O4. The Hall–Kier alpha value is -2.15. The van der Waals surface area contributed by atoms with Crippen molar-refractivity contribution in [2.24, 2.45) is 0 Å². The number of likely N-dealkylation sites (tertiary alicyclic amines) is 1. The number of benzene rings is 1. The Morgan fingerprint density at radius 3 is 2.57 bits per heavy atom. The van der Waals surface area contributed by atoms with Gasteiger partial charge in [0.05, 0.1) is 18.3 Å². The molecule has 2 fully saturated rings. The molecule has 2 saturated heterocycles. The van der Waals surface area contributed by atoms with E-state index in [4.69, 9.17) is 9.15 Å². The molecule has 0 bridgehead atoms. The molecule has 28 heavy (non-hydrogen) atoms.